The van der Waals surface area contributed by atoms with Crippen LogP contribution in [0.5, 0.6) is 11.5 Å². The Labute approximate surface area is 146 Å². The molecular formula is C16H24ClF3N2O2. The molecule has 1 aliphatic rings. The van der Waals surface area contributed by atoms with Crippen molar-refractivity contribution in [2.75, 3.05) is 33.3 Å². The van der Waals surface area contributed by atoms with Crippen LogP contribution < -0.4 is 14.8 Å². The second kappa shape index (κ2) is 9.34. The van der Waals surface area contributed by atoms with Crippen LogP contribution in [0.15, 0.2) is 18.2 Å². The van der Waals surface area contributed by atoms with E-state index in [-0.39, 0.29) is 24.2 Å². The summed E-state index contributed by atoms with van der Waals surface area (Å²) in [5, 5.41) is 3.31. The van der Waals surface area contributed by atoms with Crippen molar-refractivity contribution in [1.29, 1.82) is 0 Å². The Morgan fingerprint density at radius 2 is 1.92 bits per heavy atom. The van der Waals surface area contributed by atoms with Crippen molar-refractivity contribution in [2.45, 2.75) is 32.2 Å². The van der Waals surface area contributed by atoms with Crippen molar-refractivity contribution in [3.63, 3.8) is 0 Å². The second-order valence-corrected chi connectivity index (χ2v) is 5.54. The van der Waals surface area contributed by atoms with Gasteiger partial charge >= 0.3 is 6.36 Å². The van der Waals surface area contributed by atoms with Gasteiger partial charge < -0.3 is 14.8 Å². The summed E-state index contributed by atoms with van der Waals surface area (Å²) >= 11 is 0. The van der Waals surface area contributed by atoms with E-state index in [1.54, 1.807) is 6.07 Å². The molecule has 1 saturated heterocycles. The minimum atomic E-state index is -4.70. The molecule has 0 radical (unpaired) electrons. The van der Waals surface area contributed by atoms with Crippen LogP contribution in [0.3, 0.4) is 0 Å². The molecule has 0 unspecified atom stereocenters. The minimum absolute atomic E-state index is 0. The molecule has 1 aromatic rings. The first-order valence-electron chi connectivity index (χ1n) is 7.83. The smallest absolute Gasteiger partial charge is 0.496 e. The Balaban J connectivity index is 0.00000288. The number of rotatable bonds is 6. The Morgan fingerprint density at radius 3 is 2.46 bits per heavy atom. The Hall–Kier alpha value is -1.18. The lowest BCUT2D eigenvalue weighted by Gasteiger charge is -2.35. The van der Waals surface area contributed by atoms with E-state index in [0.717, 1.165) is 44.6 Å². The molecule has 0 aromatic heterocycles. The lowest BCUT2D eigenvalue weighted by atomic mass is 9.98. The summed E-state index contributed by atoms with van der Waals surface area (Å²) in [6, 6.07) is 4.49. The lowest BCUT2D eigenvalue weighted by molar-refractivity contribution is -0.274. The third-order valence-corrected chi connectivity index (χ3v) is 3.95. The van der Waals surface area contributed by atoms with E-state index in [4.69, 9.17) is 4.74 Å². The van der Waals surface area contributed by atoms with Gasteiger partial charge in [0.1, 0.15) is 11.5 Å². The van der Waals surface area contributed by atoms with Crippen molar-refractivity contribution < 1.29 is 22.6 Å². The van der Waals surface area contributed by atoms with E-state index in [2.05, 4.69) is 21.9 Å². The predicted octanol–water partition coefficient (Wildman–Crippen LogP) is 3.76. The third kappa shape index (κ3) is 5.72. The summed E-state index contributed by atoms with van der Waals surface area (Å²) in [6.45, 7) is 5.75. The van der Waals surface area contributed by atoms with Crippen LogP contribution in [0.25, 0.3) is 0 Å². The highest BCUT2D eigenvalue weighted by molar-refractivity contribution is 5.85. The number of hydrogen-bond acceptors (Lipinski definition) is 4. The average Bonchev–Trinajstić information content (AvgIpc) is 2.52. The van der Waals surface area contributed by atoms with E-state index in [1.165, 1.54) is 19.2 Å². The number of alkyl halides is 3. The molecule has 0 spiro atoms. The van der Waals surface area contributed by atoms with Crippen molar-refractivity contribution in [3.05, 3.63) is 23.8 Å². The summed E-state index contributed by atoms with van der Waals surface area (Å²) in [7, 11) is 1.47. The van der Waals surface area contributed by atoms with Gasteiger partial charge in [-0.15, -0.1) is 25.6 Å². The summed E-state index contributed by atoms with van der Waals surface area (Å²) in [4.78, 5) is 2.35. The van der Waals surface area contributed by atoms with E-state index in [9.17, 15) is 13.2 Å². The van der Waals surface area contributed by atoms with Gasteiger partial charge in [-0.3, -0.25) is 4.90 Å². The van der Waals surface area contributed by atoms with E-state index < -0.39 is 6.36 Å². The van der Waals surface area contributed by atoms with Crippen molar-refractivity contribution in [2.24, 2.45) is 0 Å². The highest BCUT2D eigenvalue weighted by atomic mass is 35.5. The number of nitrogens with zero attached hydrogens (tertiary/aromatic N) is 1. The summed E-state index contributed by atoms with van der Waals surface area (Å²) < 4.78 is 46.4. The molecule has 1 atom stereocenters. The van der Waals surface area contributed by atoms with Crippen molar-refractivity contribution in [3.8, 4) is 11.5 Å². The van der Waals surface area contributed by atoms with Gasteiger partial charge in [-0.25, -0.2) is 0 Å². The third-order valence-electron chi connectivity index (χ3n) is 3.95. The van der Waals surface area contributed by atoms with Crippen LogP contribution in [0.4, 0.5) is 13.2 Å². The normalized spacial score (nSPS) is 17.0. The molecule has 0 amide bonds. The molecule has 2 rings (SSSR count). The van der Waals surface area contributed by atoms with E-state index >= 15 is 0 Å². The zero-order valence-electron chi connectivity index (χ0n) is 13.9. The molecule has 1 fully saturated rings. The maximum atomic E-state index is 12.4. The second-order valence-electron chi connectivity index (χ2n) is 5.54. The van der Waals surface area contributed by atoms with Crippen LogP contribution in [-0.4, -0.2) is 44.6 Å². The fourth-order valence-corrected chi connectivity index (χ4v) is 2.97. The van der Waals surface area contributed by atoms with Crippen LogP contribution in [0.2, 0.25) is 0 Å². The number of hydrogen-bond donors (Lipinski definition) is 1. The minimum Gasteiger partial charge on any atom is -0.496 e. The fourth-order valence-electron chi connectivity index (χ4n) is 2.97. The molecule has 24 heavy (non-hydrogen) atoms. The Bertz CT molecular complexity index is 509. The number of piperazine rings is 1. The van der Waals surface area contributed by atoms with Crippen LogP contribution in [-0.2, 0) is 0 Å². The molecule has 138 valence electrons. The molecule has 1 aromatic carbocycles. The molecule has 1 heterocycles. The number of ether oxygens (including phenoxy) is 2. The van der Waals surface area contributed by atoms with Gasteiger partial charge in [-0.1, -0.05) is 19.4 Å². The molecule has 1 aliphatic heterocycles. The standard InChI is InChI=1S/C16H23F3N2O2.ClH/c1-3-4-14(21-9-7-20-8-10-21)13-6-5-12(11-15(13)22-2)23-16(17,18)19;/h5-6,11,14,20H,3-4,7-10H2,1-2H3;1H/t14-;/m0./s1. The first-order chi connectivity index (χ1) is 10.9. The molecule has 0 aliphatic carbocycles. The topological polar surface area (TPSA) is 33.7 Å². The highest BCUT2D eigenvalue weighted by Gasteiger charge is 2.32. The molecule has 4 nitrogen and oxygen atoms in total. The first-order valence-corrected chi connectivity index (χ1v) is 7.83. The van der Waals surface area contributed by atoms with Gasteiger partial charge in [0.05, 0.1) is 7.11 Å². The summed E-state index contributed by atoms with van der Waals surface area (Å²) in [6.07, 6.45) is -2.79. The fraction of sp³-hybridized carbons (Fsp3) is 0.625. The van der Waals surface area contributed by atoms with Gasteiger partial charge in [0.15, 0.2) is 0 Å². The van der Waals surface area contributed by atoms with Crippen LogP contribution in [0.1, 0.15) is 31.4 Å². The van der Waals surface area contributed by atoms with Crippen molar-refractivity contribution >= 4 is 12.4 Å². The first kappa shape index (κ1) is 20.9. The largest absolute Gasteiger partial charge is 0.573 e. The van der Waals surface area contributed by atoms with Crippen LogP contribution in [0, 0.1) is 0 Å². The highest BCUT2D eigenvalue weighted by Crippen LogP contribution is 2.36. The zero-order valence-corrected chi connectivity index (χ0v) is 14.7. The lowest BCUT2D eigenvalue weighted by Crippen LogP contribution is -2.45. The van der Waals surface area contributed by atoms with Gasteiger partial charge in [-0.05, 0) is 12.5 Å². The van der Waals surface area contributed by atoms with Gasteiger partial charge in [-0.2, -0.15) is 0 Å². The zero-order chi connectivity index (χ0) is 16.9. The molecule has 8 heteroatoms. The Morgan fingerprint density at radius 1 is 1.25 bits per heavy atom. The molecular weight excluding hydrogens is 345 g/mol. The Kier molecular flexibility index (Phi) is 8.12. The number of methoxy groups -OCH3 is 1. The number of benzene rings is 1. The maximum absolute atomic E-state index is 12.4. The van der Waals surface area contributed by atoms with Gasteiger partial charge in [0.2, 0.25) is 0 Å². The van der Waals surface area contributed by atoms with Crippen molar-refractivity contribution in [1.82, 2.24) is 10.2 Å². The van der Waals surface area contributed by atoms with Gasteiger partial charge in [0, 0.05) is 43.9 Å². The maximum Gasteiger partial charge on any atom is 0.573 e. The summed E-state index contributed by atoms with van der Waals surface area (Å²) in [5.74, 6) is 0.178. The van der Waals surface area contributed by atoms with E-state index in [0.29, 0.717) is 5.75 Å². The van der Waals surface area contributed by atoms with Crippen LogP contribution >= 0.6 is 12.4 Å². The summed E-state index contributed by atoms with van der Waals surface area (Å²) in [5.41, 5.74) is 0.908. The predicted molar refractivity (Wildman–Crippen MR) is 89.0 cm³/mol. The number of nitrogens with one attached hydrogen (secondary N) is 1. The number of halogens is 4. The monoisotopic (exact) mass is 368 g/mol. The molecule has 0 bridgehead atoms. The van der Waals surface area contributed by atoms with Gasteiger partial charge in [0.25, 0.3) is 0 Å². The quantitative estimate of drug-likeness (QED) is 0.829. The molecule has 0 saturated carbocycles. The molecule has 1 N–H and O–H groups in total. The van der Waals surface area contributed by atoms with E-state index in [1.807, 2.05) is 0 Å². The average molecular weight is 369 g/mol. The SMILES string of the molecule is CCC[C@@H](c1ccc(OC(F)(F)F)cc1OC)N1CCNCC1.Cl.